The Morgan fingerprint density at radius 2 is 1.94 bits per heavy atom. The molecule has 0 bridgehead atoms. The zero-order valence-electron chi connectivity index (χ0n) is 18.7. The molecule has 7 nitrogen and oxygen atoms in total. The number of rotatable bonds is 8. The van der Waals surface area contributed by atoms with E-state index in [1.165, 1.54) is 0 Å². The summed E-state index contributed by atoms with van der Waals surface area (Å²) in [7, 11) is 0. The summed E-state index contributed by atoms with van der Waals surface area (Å²) in [5.41, 5.74) is 4.28. The third-order valence-corrected chi connectivity index (χ3v) is 5.59. The summed E-state index contributed by atoms with van der Waals surface area (Å²) in [6.45, 7) is 7.40. The minimum absolute atomic E-state index is 0.0603. The van der Waals surface area contributed by atoms with Crippen LogP contribution in [0.3, 0.4) is 0 Å². The van der Waals surface area contributed by atoms with Gasteiger partial charge in [0.2, 0.25) is 0 Å². The van der Waals surface area contributed by atoms with E-state index in [0.717, 1.165) is 33.6 Å². The molecule has 3 aromatic heterocycles. The first kappa shape index (κ1) is 22.0. The Labute approximate surface area is 200 Å². The molecule has 0 saturated carbocycles. The molecule has 0 aliphatic heterocycles. The normalized spacial score (nSPS) is 11.6. The number of benzene rings is 2. The van der Waals surface area contributed by atoms with Crippen LogP contribution in [-0.2, 0) is 0 Å². The van der Waals surface area contributed by atoms with Gasteiger partial charge in [0, 0.05) is 34.0 Å². The van der Waals surface area contributed by atoms with Gasteiger partial charge in [-0.05, 0) is 35.9 Å². The Morgan fingerprint density at radius 3 is 2.77 bits per heavy atom. The largest absolute Gasteiger partial charge is 0.352 e. The predicted octanol–water partition coefficient (Wildman–Crippen LogP) is 6.26. The first-order valence-electron chi connectivity index (χ1n) is 10.9. The quantitative estimate of drug-likeness (QED) is 0.186. The Hall–Kier alpha value is -4.85. The van der Waals surface area contributed by atoms with Crippen molar-refractivity contribution in [1.82, 2.24) is 25.1 Å². The Kier molecular flexibility index (Phi) is 5.76. The van der Waals surface area contributed by atoms with Crippen molar-refractivity contribution in [3.05, 3.63) is 103 Å². The molecule has 3 heterocycles. The maximum Gasteiger partial charge on any atom is 0.184 e. The number of ketones is 1. The second-order valence-corrected chi connectivity index (χ2v) is 7.95. The van der Waals surface area contributed by atoms with E-state index in [0.29, 0.717) is 22.8 Å². The molecule has 0 saturated heterocycles. The van der Waals surface area contributed by atoms with Crippen molar-refractivity contribution in [2.75, 3.05) is 5.32 Å². The second kappa shape index (κ2) is 9.18. The van der Waals surface area contributed by atoms with Crippen LogP contribution in [0.1, 0.15) is 16.9 Å². The summed E-state index contributed by atoms with van der Waals surface area (Å²) in [5, 5.41) is 11.7. The van der Waals surface area contributed by atoms with Crippen LogP contribution in [0.15, 0.2) is 91.8 Å². The molecule has 5 rings (SSSR count). The monoisotopic (exact) mass is 464 g/mol. The Bertz CT molecular complexity index is 1630. The molecule has 2 aromatic carbocycles. The smallest absolute Gasteiger partial charge is 0.184 e. The molecule has 0 unspecified atom stereocenters. The summed E-state index contributed by atoms with van der Waals surface area (Å²) < 4.78 is 14.5. The molecule has 0 amide bonds. The van der Waals surface area contributed by atoms with Crippen molar-refractivity contribution in [2.45, 2.75) is 6.42 Å². The highest BCUT2D eigenvalue weighted by atomic mass is 19.1. The average molecular weight is 465 g/mol. The van der Waals surface area contributed by atoms with Gasteiger partial charge in [-0.2, -0.15) is 5.10 Å². The molecule has 0 aliphatic carbocycles. The number of Topliss-reactive ketones (excluding diaryl/α,β-unsaturated/α-hetero) is 1. The van der Waals surface area contributed by atoms with Gasteiger partial charge in [0.25, 0.3) is 0 Å². The average Bonchev–Trinajstić information content (AvgIpc) is 3.51. The van der Waals surface area contributed by atoms with Gasteiger partial charge in [-0.25, -0.2) is 14.4 Å². The van der Waals surface area contributed by atoms with Gasteiger partial charge in [-0.1, -0.05) is 43.5 Å². The van der Waals surface area contributed by atoms with Crippen LogP contribution < -0.4 is 5.32 Å². The van der Waals surface area contributed by atoms with Crippen molar-refractivity contribution in [1.29, 1.82) is 0 Å². The number of fused-ring (bicyclic) bond motifs is 2. The van der Waals surface area contributed by atoms with E-state index < -0.39 is 5.82 Å². The van der Waals surface area contributed by atoms with Crippen molar-refractivity contribution in [3.8, 4) is 11.4 Å². The number of anilines is 2. The SMILES string of the molecule is C=C/C=C(\C=C)CC(=O)c1cc2ccc(-c3ncc(F)c(Nc4ccc5[nH]ncc5c4)n3)cc2[nH]1. The van der Waals surface area contributed by atoms with E-state index in [-0.39, 0.29) is 18.0 Å². The van der Waals surface area contributed by atoms with E-state index in [1.54, 1.807) is 30.5 Å². The van der Waals surface area contributed by atoms with E-state index in [2.05, 4.69) is 43.6 Å². The number of carbonyl (C=O) groups excluding carboxylic acids is 1. The third-order valence-electron chi connectivity index (χ3n) is 5.59. The van der Waals surface area contributed by atoms with Crippen molar-refractivity contribution < 1.29 is 9.18 Å². The van der Waals surface area contributed by atoms with Crippen LogP contribution in [0.2, 0.25) is 0 Å². The zero-order chi connectivity index (χ0) is 24.4. The summed E-state index contributed by atoms with van der Waals surface area (Å²) in [4.78, 5) is 24.4. The minimum atomic E-state index is -0.569. The van der Waals surface area contributed by atoms with Crippen molar-refractivity contribution in [2.24, 2.45) is 0 Å². The van der Waals surface area contributed by atoms with Crippen molar-refractivity contribution in [3.63, 3.8) is 0 Å². The Morgan fingerprint density at radius 1 is 1.06 bits per heavy atom. The van der Waals surface area contributed by atoms with Gasteiger partial charge in [-0.3, -0.25) is 9.89 Å². The van der Waals surface area contributed by atoms with Crippen LogP contribution in [-0.4, -0.2) is 30.9 Å². The summed E-state index contributed by atoms with van der Waals surface area (Å²) in [6.07, 6.45) is 8.08. The van der Waals surface area contributed by atoms with Crippen molar-refractivity contribution >= 4 is 39.1 Å². The van der Waals surface area contributed by atoms with E-state index in [4.69, 9.17) is 0 Å². The number of halogens is 1. The topological polar surface area (TPSA) is 99.3 Å². The summed E-state index contributed by atoms with van der Waals surface area (Å²) >= 11 is 0. The molecule has 5 aromatic rings. The molecule has 0 aliphatic rings. The molecule has 0 fully saturated rings. The highest BCUT2D eigenvalue weighted by Gasteiger charge is 2.14. The molecule has 35 heavy (non-hydrogen) atoms. The Balaban J connectivity index is 1.42. The lowest BCUT2D eigenvalue weighted by Gasteiger charge is -2.08. The molecular weight excluding hydrogens is 443 g/mol. The highest BCUT2D eigenvalue weighted by molar-refractivity contribution is 6.01. The van der Waals surface area contributed by atoms with Gasteiger partial charge in [-0.15, -0.1) is 0 Å². The number of aromatic amines is 2. The van der Waals surface area contributed by atoms with Gasteiger partial charge >= 0.3 is 0 Å². The fourth-order valence-corrected chi connectivity index (χ4v) is 3.80. The number of nitrogens with zero attached hydrogens (tertiary/aromatic N) is 3. The van der Waals surface area contributed by atoms with Crippen LogP contribution in [0.5, 0.6) is 0 Å². The van der Waals surface area contributed by atoms with E-state index in [9.17, 15) is 9.18 Å². The lowest BCUT2D eigenvalue weighted by molar-refractivity contribution is 0.0990. The van der Waals surface area contributed by atoms with E-state index >= 15 is 0 Å². The minimum Gasteiger partial charge on any atom is -0.352 e. The molecule has 172 valence electrons. The van der Waals surface area contributed by atoms with Crippen LogP contribution in [0.4, 0.5) is 15.9 Å². The molecule has 8 heteroatoms. The van der Waals surface area contributed by atoms with Gasteiger partial charge < -0.3 is 10.3 Å². The van der Waals surface area contributed by atoms with Crippen LogP contribution >= 0.6 is 0 Å². The summed E-state index contributed by atoms with van der Waals surface area (Å²) in [5.74, 6) is -0.216. The lowest BCUT2D eigenvalue weighted by atomic mass is 10.1. The molecule has 0 spiro atoms. The van der Waals surface area contributed by atoms with Gasteiger partial charge in [0.05, 0.1) is 23.6 Å². The number of H-pyrrole nitrogens is 2. The fraction of sp³-hybridized carbons (Fsp3) is 0.0370. The number of allylic oxidation sites excluding steroid dienone is 4. The van der Waals surface area contributed by atoms with Gasteiger partial charge in [0.15, 0.2) is 23.2 Å². The summed E-state index contributed by atoms with van der Waals surface area (Å²) in [6, 6.07) is 12.9. The molecule has 3 N–H and O–H groups in total. The van der Waals surface area contributed by atoms with Crippen LogP contribution in [0.25, 0.3) is 33.2 Å². The molecular formula is C27H21FN6O. The van der Waals surface area contributed by atoms with Gasteiger partial charge in [0.1, 0.15) is 0 Å². The molecule has 0 atom stereocenters. The highest BCUT2D eigenvalue weighted by Crippen LogP contribution is 2.27. The first-order chi connectivity index (χ1) is 17.0. The zero-order valence-corrected chi connectivity index (χ0v) is 18.7. The predicted molar refractivity (Wildman–Crippen MR) is 136 cm³/mol. The van der Waals surface area contributed by atoms with Crippen LogP contribution in [0, 0.1) is 5.82 Å². The van der Waals surface area contributed by atoms with E-state index in [1.807, 2.05) is 36.4 Å². The number of hydrogen-bond donors (Lipinski definition) is 3. The lowest BCUT2D eigenvalue weighted by Crippen LogP contribution is -2.01. The standard InChI is InChI=1S/C27H21FN6O/c1-3-5-16(4-2)10-25(35)24-12-17-6-7-18(13-23(17)32-24)26-29-15-21(28)27(33-26)31-20-8-9-22-19(11-20)14-30-34-22/h3-9,11-15,32H,1-2,10H2,(H,30,34)(H,29,31,33)/b16-5+. The number of carbonyl (C=O) groups is 1. The maximum atomic E-state index is 14.5. The fourth-order valence-electron chi connectivity index (χ4n) is 3.80. The number of nitrogens with one attached hydrogen (secondary N) is 3. The second-order valence-electron chi connectivity index (χ2n) is 7.95. The molecule has 0 radical (unpaired) electrons. The first-order valence-corrected chi connectivity index (χ1v) is 10.9. The number of hydrogen-bond acceptors (Lipinski definition) is 5. The maximum absolute atomic E-state index is 14.5. The third kappa shape index (κ3) is 4.49. The number of aromatic nitrogens is 5.